The number of rotatable bonds is 3. The molecule has 0 saturated carbocycles. The van der Waals surface area contributed by atoms with Crippen LogP contribution in [0.2, 0.25) is 0 Å². The van der Waals surface area contributed by atoms with Crippen LogP contribution in [0.15, 0.2) is 40.7 Å². The molecule has 5 nitrogen and oxygen atoms in total. The van der Waals surface area contributed by atoms with Crippen LogP contribution in [0.3, 0.4) is 0 Å². The Balaban J connectivity index is 0.000000228. The molecule has 0 amide bonds. The lowest BCUT2D eigenvalue weighted by molar-refractivity contribution is -0.00553. The van der Waals surface area contributed by atoms with Gasteiger partial charge in [-0.1, -0.05) is 38.1 Å². The van der Waals surface area contributed by atoms with Gasteiger partial charge in [-0.05, 0) is 56.5 Å². The molecule has 3 rings (SSSR count). The zero-order valence-electron chi connectivity index (χ0n) is 16.6. The van der Waals surface area contributed by atoms with Gasteiger partial charge >= 0.3 is 0 Å². The molecule has 2 aliphatic rings. The van der Waals surface area contributed by atoms with E-state index in [9.17, 15) is 0 Å². The zero-order chi connectivity index (χ0) is 19.3. The minimum Gasteiger partial charge on any atom is -0.366 e. The van der Waals surface area contributed by atoms with Gasteiger partial charge in [0.05, 0.1) is 12.2 Å². The fourth-order valence-corrected chi connectivity index (χ4v) is 3.45. The van der Waals surface area contributed by atoms with E-state index in [2.05, 4.69) is 48.8 Å². The lowest BCUT2D eigenvalue weighted by Crippen LogP contribution is -2.42. The van der Waals surface area contributed by atoms with Gasteiger partial charge < -0.3 is 10.1 Å². The molecule has 0 unspecified atom stereocenters. The van der Waals surface area contributed by atoms with Crippen LogP contribution in [-0.4, -0.2) is 40.1 Å². The van der Waals surface area contributed by atoms with E-state index in [1.165, 1.54) is 11.1 Å². The second kappa shape index (κ2) is 8.98. The van der Waals surface area contributed by atoms with Gasteiger partial charge in [-0.25, -0.2) is 4.98 Å². The summed E-state index contributed by atoms with van der Waals surface area (Å²) < 4.78 is 7.85. The van der Waals surface area contributed by atoms with Crippen LogP contribution in [0, 0.1) is 0 Å². The Morgan fingerprint density at radius 3 is 2.54 bits per heavy atom. The largest absolute Gasteiger partial charge is 0.366 e. The maximum atomic E-state index is 6.06. The number of nitrogens with one attached hydrogen (secondary N) is 1. The van der Waals surface area contributed by atoms with Gasteiger partial charge in [0, 0.05) is 18.0 Å². The molecule has 1 aromatic rings. The van der Waals surface area contributed by atoms with Crippen molar-refractivity contribution in [2.24, 2.45) is 7.05 Å². The van der Waals surface area contributed by atoms with Gasteiger partial charge in [-0.15, -0.1) is 0 Å². The summed E-state index contributed by atoms with van der Waals surface area (Å²) in [6.45, 7) is 14.9. The van der Waals surface area contributed by atoms with Crippen molar-refractivity contribution in [1.29, 1.82) is 0 Å². The van der Waals surface area contributed by atoms with E-state index in [4.69, 9.17) is 16.3 Å². The van der Waals surface area contributed by atoms with Gasteiger partial charge in [0.15, 0.2) is 0 Å². The van der Waals surface area contributed by atoms with Gasteiger partial charge in [0.25, 0.3) is 0 Å². The van der Waals surface area contributed by atoms with E-state index >= 15 is 0 Å². The van der Waals surface area contributed by atoms with Gasteiger partial charge in [0.2, 0.25) is 0 Å². The smallest absolute Gasteiger partial charge is 0.138 e. The minimum atomic E-state index is -0.0228. The van der Waals surface area contributed by atoms with Crippen LogP contribution >= 0.6 is 11.6 Å². The van der Waals surface area contributed by atoms with Crippen molar-refractivity contribution < 1.29 is 4.74 Å². The van der Waals surface area contributed by atoms with E-state index in [0.29, 0.717) is 17.6 Å². The Hall–Kier alpha value is -1.43. The fraction of sp³-hybridized carbons (Fsp3) is 0.600. The molecule has 0 aromatic carbocycles. The van der Waals surface area contributed by atoms with Gasteiger partial charge in [-0.2, -0.15) is 5.10 Å². The molecule has 144 valence electrons. The Kier molecular flexibility index (Phi) is 7.21. The highest BCUT2D eigenvalue weighted by Gasteiger charge is 2.39. The molecule has 1 N–H and O–H groups in total. The van der Waals surface area contributed by atoms with Crippen molar-refractivity contribution in [3.8, 4) is 0 Å². The summed E-state index contributed by atoms with van der Waals surface area (Å²) in [4.78, 5) is 4.07. The van der Waals surface area contributed by atoms with Crippen molar-refractivity contribution >= 4 is 11.6 Å². The highest BCUT2D eigenvalue weighted by molar-refractivity contribution is 6.31. The Bertz CT molecular complexity index is 696. The first-order chi connectivity index (χ1) is 12.3. The second-order valence-electron chi connectivity index (χ2n) is 7.31. The number of ether oxygens (including phenoxy) is 1. The first kappa shape index (κ1) is 20.9. The SMILES string of the molecule is C=C(Cl)/C(C)=C\C1=C(C)C2(CCNCC2)OC1.CC(C)c1ncnn1C. The zero-order valence-corrected chi connectivity index (χ0v) is 17.4. The molecule has 1 saturated heterocycles. The standard InChI is InChI=1S/C14H20ClNO.C6H11N3/c1-10(12(3)15)8-13-9-17-14(11(13)2)4-6-16-7-5-14;1-5(2)6-7-4-8-9(6)3/h8,16H,3-7,9H2,1-2H3;4-5H,1-3H3/b10-8-;. The van der Waals surface area contributed by atoms with Crippen molar-refractivity contribution in [2.45, 2.75) is 52.1 Å². The third kappa shape index (κ3) is 4.84. The maximum Gasteiger partial charge on any atom is 0.138 e. The maximum absolute atomic E-state index is 6.06. The number of aromatic nitrogens is 3. The summed E-state index contributed by atoms with van der Waals surface area (Å²) in [7, 11) is 1.91. The molecule has 0 aliphatic carbocycles. The van der Waals surface area contributed by atoms with E-state index in [1.54, 1.807) is 11.0 Å². The molecule has 1 spiro atoms. The summed E-state index contributed by atoms with van der Waals surface area (Å²) in [6, 6.07) is 0. The molecule has 3 heterocycles. The van der Waals surface area contributed by atoms with Crippen molar-refractivity contribution in [1.82, 2.24) is 20.1 Å². The number of aryl methyl sites for hydroxylation is 1. The van der Waals surface area contributed by atoms with Crippen LogP contribution in [0.25, 0.3) is 0 Å². The summed E-state index contributed by atoms with van der Waals surface area (Å²) >= 11 is 5.90. The average molecular weight is 379 g/mol. The average Bonchev–Trinajstić information content (AvgIpc) is 3.16. The predicted octanol–water partition coefficient (Wildman–Crippen LogP) is 4.09. The topological polar surface area (TPSA) is 52.0 Å². The molecule has 1 fully saturated rings. The predicted molar refractivity (Wildman–Crippen MR) is 107 cm³/mol. The molecule has 26 heavy (non-hydrogen) atoms. The first-order valence-corrected chi connectivity index (χ1v) is 9.56. The Labute approximate surface area is 162 Å². The fourth-order valence-electron chi connectivity index (χ4n) is 3.39. The number of allylic oxidation sites excluding steroid dienone is 2. The molecular weight excluding hydrogens is 348 g/mol. The van der Waals surface area contributed by atoms with E-state index in [-0.39, 0.29) is 5.60 Å². The minimum absolute atomic E-state index is 0.0228. The second-order valence-corrected chi connectivity index (χ2v) is 7.77. The summed E-state index contributed by atoms with van der Waals surface area (Å²) in [5.74, 6) is 1.51. The Morgan fingerprint density at radius 2 is 2.08 bits per heavy atom. The number of nitrogens with zero attached hydrogens (tertiary/aromatic N) is 3. The molecule has 6 heteroatoms. The monoisotopic (exact) mass is 378 g/mol. The number of hydrogen-bond acceptors (Lipinski definition) is 4. The Morgan fingerprint density at radius 1 is 1.42 bits per heavy atom. The van der Waals surface area contributed by atoms with Crippen LogP contribution in [0.4, 0.5) is 0 Å². The van der Waals surface area contributed by atoms with Crippen LogP contribution in [0.5, 0.6) is 0 Å². The number of halogens is 1. The first-order valence-electron chi connectivity index (χ1n) is 9.18. The highest BCUT2D eigenvalue weighted by Crippen LogP contribution is 2.39. The molecule has 2 aliphatic heterocycles. The lowest BCUT2D eigenvalue weighted by atomic mass is 9.84. The summed E-state index contributed by atoms with van der Waals surface area (Å²) in [5.41, 5.74) is 3.64. The van der Waals surface area contributed by atoms with Gasteiger partial charge in [0.1, 0.15) is 12.2 Å². The van der Waals surface area contributed by atoms with E-state index in [0.717, 1.165) is 37.3 Å². The van der Waals surface area contributed by atoms with E-state index < -0.39 is 0 Å². The molecular formula is C20H31ClN4O. The molecule has 1 aromatic heterocycles. The third-order valence-corrected chi connectivity index (χ3v) is 5.46. The summed E-state index contributed by atoms with van der Waals surface area (Å²) in [6.07, 6.45) is 5.82. The van der Waals surface area contributed by atoms with Crippen LogP contribution < -0.4 is 5.32 Å². The number of piperidine rings is 1. The lowest BCUT2D eigenvalue weighted by Gasteiger charge is -2.34. The quantitative estimate of drug-likeness (QED) is 0.805. The summed E-state index contributed by atoms with van der Waals surface area (Å²) in [5, 5.41) is 7.93. The molecule has 0 atom stereocenters. The van der Waals surface area contributed by atoms with Crippen LogP contribution in [-0.2, 0) is 11.8 Å². The van der Waals surface area contributed by atoms with Crippen molar-refractivity contribution in [2.75, 3.05) is 19.7 Å². The third-order valence-electron chi connectivity index (χ3n) is 5.16. The van der Waals surface area contributed by atoms with Crippen LogP contribution in [0.1, 0.15) is 52.3 Å². The van der Waals surface area contributed by atoms with Crippen molar-refractivity contribution in [3.05, 3.63) is 46.6 Å². The van der Waals surface area contributed by atoms with E-state index in [1.807, 2.05) is 14.0 Å². The molecule has 0 bridgehead atoms. The normalized spacial score (nSPS) is 19.7. The van der Waals surface area contributed by atoms with Crippen molar-refractivity contribution in [3.63, 3.8) is 0 Å². The highest BCUT2D eigenvalue weighted by atomic mass is 35.5. The van der Waals surface area contributed by atoms with Gasteiger partial charge in [-0.3, -0.25) is 4.68 Å². The molecule has 0 radical (unpaired) electrons. The number of hydrogen-bond donors (Lipinski definition) is 1.